The number of carbonyl (C=O) groups excluding carboxylic acids is 1. The van der Waals surface area contributed by atoms with Crippen LogP contribution in [0.3, 0.4) is 0 Å². The number of nitrogens with zero attached hydrogens (tertiary/aromatic N) is 1. The largest absolute Gasteiger partial charge is 0.507 e. The normalized spacial score (nSPS) is 10.6. The standard InChI is InChI=1S/C13H19NO2/c1-9(2)8-14(4)11-5-6-12(10(3)15)13(16)7-11/h5-7,9,16H,8H2,1-4H3. The van der Waals surface area contributed by atoms with Gasteiger partial charge in [0.25, 0.3) is 0 Å². The van der Waals surface area contributed by atoms with E-state index in [0.29, 0.717) is 11.5 Å². The average molecular weight is 221 g/mol. The fourth-order valence-electron chi connectivity index (χ4n) is 1.71. The first-order valence-corrected chi connectivity index (χ1v) is 5.47. The third kappa shape index (κ3) is 2.99. The van der Waals surface area contributed by atoms with Gasteiger partial charge in [0.05, 0.1) is 5.56 Å². The number of rotatable bonds is 4. The van der Waals surface area contributed by atoms with Crippen LogP contribution in [0.15, 0.2) is 18.2 Å². The highest BCUT2D eigenvalue weighted by Gasteiger charge is 2.09. The van der Waals surface area contributed by atoms with Crippen LogP contribution in [0.4, 0.5) is 5.69 Å². The molecule has 0 saturated heterocycles. The second-order valence-corrected chi connectivity index (χ2v) is 4.53. The molecule has 0 saturated carbocycles. The highest BCUT2D eigenvalue weighted by Crippen LogP contribution is 2.24. The lowest BCUT2D eigenvalue weighted by atomic mass is 10.1. The molecule has 0 aliphatic heterocycles. The zero-order valence-electron chi connectivity index (χ0n) is 10.3. The lowest BCUT2D eigenvalue weighted by Gasteiger charge is -2.21. The van der Waals surface area contributed by atoms with E-state index in [2.05, 4.69) is 18.7 Å². The van der Waals surface area contributed by atoms with Crippen molar-refractivity contribution in [1.82, 2.24) is 0 Å². The van der Waals surface area contributed by atoms with Gasteiger partial charge < -0.3 is 10.0 Å². The van der Waals surface area contributed by atoms with E-state index < -0.39 is 0 Å². The molecule has 1 N–H and O–H groups in total. The van der Waals surface area contributed by atoms with Crippen LogP contribution in [0, 0.1) is 5.92 Å². The molecule has 88 valence electrons. The SMILES string of the molecule is CC(=O)c1ccc(N(C)CC(C)C)cc1O. The monoisotopic (exact) mass is 221 g/mol. The number of hydrogen-bond donors (Lipinski definition) is 1. The van der Waals surface area contributed by atoms with E-state index in [9.17, 15) is 9.90 Å². The van der Waals surface area contributed by atoms with Crippen LogP contribution in [0.25, 0.3) is 0 Å². The van der Waals surface area contributed by atoms with Crippen molar-refractivity contribution in [3.05, 3.63) is 23.8 Å². The smallest absolute Gasteiger partial charge is 0.163 e. The maximum atomic E-state index is 11.2. The van der Waals surface area contributed by atoms with Gasteiger partial charge in [0.2, 0.25) is 0 Å². The molecule has 3 nitrogen and oxygen atoms in total. The number of carbonyl (C=O) groups is 1. The molecule has 0 radical (unpaired) electrons. The van der Waals surface area contributed by atoms with E-state index in [4.69, 9.17) is 0 Å². The van der Waals surface area contributed by atoms with Crippen molar-refractivity contribution in [3.63, 3.8) is 0 Å². The minimum atomic E-state index is -0.115. The van der Waals surface area contributed by atoms with Gasteiger partial charge in [0, 0.05) is 25.3 Å². The predicted octanol–water partition coefficient (Wildman–Crippen LogP) is 2.69. The van der Waals surface area contributed by atoms with Gasteiger partial charge in [-0.1, -0.05) is 13.8 Å². The summed E-state index contributed by atoms with van der Waals surface area (Å²) >= 11 is 0. The molecule has 0 fully saturated rings. The molecule has 0 bridgehead atoms. The van der Waals surface area contributed by atoms with E-state index in [1.54, 1.807) is 12.1 Å². The van der Waals surface area contributed by atoms with Crippen LogP contribution in [0.2, 0.25) is 0 Å². The molecular weight excluding hydrogens is 202 g/mol. The maximum Gasteiger partial charge on any atom is 0.163 e. The molecule has 0 heterocycles. The Balaban J connectivity index is 2.92. The van der Waals surface area contributed by atoms with Crippen molar-refractivity contribution in [2.24, 2.45) is 5.92 Å². The zero-order chi connectivity index (χ0) is 12.3. The topological polar surface area (TPSA) is 40.5 Å². The Labute approximate surface area is 96.7 Å². The fourth-order valence-corrected chi connectivity index (χ4v) is 1.71. The maximum absolute atomic E-state index is 11.2. The number of benzene rings is 1. The van der Waals surface area contributed by atoms with E-state index in [1.807, 2.05) is 13.1 Å². The van der Waals surface area contributed by atoms with Crippen LogP contribution in [0.5, 0.6) is 5.75 Å². The fraction of sp³-hybridized carbons (Fsp3) is 0.462. The molecule has 0 spiro atoms. The first kappa shape index (κ1) is 12.6. The summed E-state index contributed by atoms with van der Waals surface area (Å²) in [4.78, 5) is 13.2. The molecule has 1 aromatic rings. The Kier molecular flexibility index (Phi) is 3.93. The van der Waals surface area contributed by atoms with E-state index >= 15 is 0 Å². The summed E-state index contributed by atoms with van der Waals surface area (Å²) in [6.45, 7) is 6.64. The summed E-state index contributed by atoms with van der Waals surface area (Å²) in [5.41, 5.74) is 1.30. The van der Waals surface area contributed by atoms with Crippen molar-refractivity contribution in [2.45, 2.75) is 20.8 Å². The van der Waals surface area contributed by atoms with Gasteiger partial charge in [0.1, 0.15) is 5.75 Å². The van der Waals surface area contributed by atoms with Gasteiger partial charge >= 0.3 is 0 Å². The van der Waals surface area contributed by atoms with Crippen molar-refractivity contribution >= 4 is 11.5 Å². The highest BCUT2D eigenvalue weighted by atomic mass is 16.3. The molecule has 1 rings (SSSR count). The number of phenols is 1. The molecule has 0 aliphatic rings. The number of hydrogen-bond acceptors (Lipinski definition) is 3. The second kappa shape index (κ2) is 5.01. The number of anilines is 1. The average Bonchev–Trinajstić information content (AvgIpc) is 2.15. The molecule has 16 heavy (non-hydrogen) atoms. The Morgan fingerprint density at radius 3 is 2.50 bits per heavy atom. The number of Topliss-reactive ketones (excluding diaryl/α,β-unsaturated/α-hetero) is 1. The van der Waals surface area contributed by atoms with E-state index in [0.717, 1.165) is 12.2 Å². The summed E-state index contributed by atoms with van der Waals surface area (Å²) < 4.78 is 0. The van der Waals surface area contributed by atoms with Gasteiger partial charge in [-0.3, -0.25) is 4.79 Å². The van der Waals surface area contributed by atoms with Crippen LogP contribution in [-0.4, -0.2) is 24.5 Å². The van der Waals surface area contributed by atoms with Gasteiger partial charge in [-0.05, 0) is 25.0 Å². The van der Waals surface area contributed by atoms with E-state index in [-0.39, 0.29) is 11.5 Å². The Hall–Kier alpha value is -1.51. The summed E-state index contributed by atoms with van der Waals surface area (Å²) in [5, 5.41) is 9.70. The minimum Gasteiger partial charge on any atom is -0.507 e. The summed E-state index contributed by atoms with van der Waals surface area (Å²) in [5.74, 6) is 0.496. The van der Waals surface area contributed by atoms with Crippen LogP contribution in [-0.2, 0) is 0 Å². The Morgan fingerprint density at radius 2 is 2.06 bits per heavy atom. The lowest BCUT2D eigenvalue weighted by Crippen LogP contribution is -2.22. The number of ketones is 1. The highest BCUT2D eigenvalue weighted by molar-refractivity contribution is 5.97. The van der Waals surface area contributed by atoms with Crippen molar-refractivity contribution in [1.29, 1.82) is 0 Å². The zero-order valence-corrected chi connectivity index (χ0v) is 10.3. The number of aromatic hydroxyl groups is 1. The quantitative estimate of drug-likeness (QED) is 0.795. The summed E-state index contributed by atoms with van der Waals surface area (Å²) in [7, 11) is 1.97. The molecule has 1 aromatic carbocycles. The molecule has 3 heteroatoms. The summed E-state index contributed by atoms with van der Waals surface area (Å²) in [6, 6.07) is 5.17. The first-order valence-electron chi connectivity index (χ1n) is 5.47. The van der Waals surface area contributed by atoms with Crippen molar-refractivity contribution < 1.29 is 9.90 Å². The molecule has 0 unspecified atom stereocenters. The van der Waals surface area contributed by atoms with Gasteiger partial charge in [-0.25, -0.2) is 0 Å². The van der Waals surface area contributed by atoms with Gasteiger partial charge in [-0.15, -0.1) is 0 Å². The second-order valence-electron chi connectivity index (χ2n) is 4.53. The van der Waals surface area contributed by atoms with Crippen LogP contribution < -0.4 is 4.90 Å². The predicted molar refractivity (Wildman–Crippen MR) is 66.2 cm³/mol. The van der Waals surface area contributed by atoms with Gasteiger partial charge in [0.15, 0.2) is 5.78 Å². The van der Waals surface area contributed by atoms with Gasteiger partial charge in [-0.2, -0.15) is 0 Å². The summed E-state index contributed by atoms with van der Waals surface area (Å²) in [6.07, 6.45) is 0. The molecular formula is C13H19NO2. The van der Waals surface area contributed by atoms with Crippen molar-refractivity contribution in [2.75, 3.05) is 18.5 Å². The third-order valence-electron chi connectivity index (χ3n) is 2.44. The van der Waals surface area contributed by atoms with Crippen LogP contribution >= 0.6 is 0 Å². The third-order valence-corrected chi connectivity index (χ3v) is 2.44. The Bertz CT molecular complexity index is 386. The lowest BCUT2D eigenvalue weighted by molar-refractivity contribution is 0.101. The molecule has 0 atom stereocenters. The van der Waals surface area contributed by atoms with Crippen LogP contribution in [0.1, 0.15) is 31.1 Å². The molecule has 0 amide bonds. The molecule has 0 aliphatic carbocycles. The van der Waals surface area contributed by atoms with Crippen molar-refractivity contribution in [3.8, 4) is 5.75 Å². The van der Waals surface area contributed by atoms with E-state index in [1.165, 1.54) is 6.92 Å². The Morgan fingerprint density at radius 1 is 1.44 bits per heavy atom. The molecule has 0 aromatic heterocycles. The minimum absolute atomic E-state index is 0.0561. The first-order chi connectivity index (χ1) is 7.41. The number of phenolic OH excluding ortho intramolecular Hbond substituents is 1.